The van der Waals surface area contributed by atoms with Crippen molar-refractivity contribution >= 4 is 42.3 Å². The first-order valence-electron chi connectivity index (χ1n) is 5.38. The van der Waals surface area contributed by atoms with Gasteiger partial charge in [-0.05, 0) is 20.3 Å². The molecule has 0 aliphatic carbocycles. The minimum Gasteiger partial charge on any atom is -0.373 e. The number of aromatic nitrogens is 2. The van der Waals surface area contributed by atoms with Crippen LogP contribution >= 0.6 is 24.8 Å². The van der Waals surface area contributed by atoms with Gasteiger partial charge in [-0.2, -0.15) is 4.98 Å². The quantitative estimate of drug-likeness (QED) is 0.631. The lowest BCUT2D eigenvalue weighted by atomic mass is 9.90. The fourth-order valence-electron chi connectivity index (χ4n) is 2.07. The highest BCUT2D eigenvalue weighted by molar-refractivity contribution is 5.85. The summed E-state index contributed by atoms with van der Waals surface area (Å²) in [7, 11) is 0. The number of rotatable bonds is 1. The Morgan fingerprint density at radius 2 is 2.00 bits per heavy atom. The number of hydrogen-bond donors (Lipinski definition) is 4. The van der Waals surface area contributed by atoms with Crippen LogP contribution in [0.3, 0.4) is 0 Å². The van der Waals surface area contributed by atoms with E-state index in [0.29, 0.717) is 11.5 Å². The van der Waals surface area contributed by atoms with Crippen molar-refractivity contribution < 1.29 is 0 Å². The van der Waals surface area contributed by atoms with E-state index in [1.54, 1.807) is 0 Å². The lowest BCUT2D eigenvalue weighted by Crippen LogP contribution is -2.52. The van der Waals surface area contributed by atoms with E-state index in [4.69, 9.17) is 5.73 Å². The molecule has 1 aromatic rings. The van der Waals surface area contributed by atoms with E-state index in [0.717, 1.165) is 6.42 Å². The van der Waals surface area contributed by atoms with Gasteiger partial charge in [0.2, 0.25) is 5.95 Å². The van der Waals surface area contributed by atoms with Crippen LogP contribution in [0.15, 0.2) is 4.79 Å². The molecular formula is C10H19Cl2N5O. The largest absolute Gasteiger partial charge is 0.373 e. The molecule has 18 heavy (non-hydrogen) atoms. The summed E-state index contributed by atoms with van der Waals surface area (Å²) in [6.45, 7) is 6.21. The lowest BCUT2D eigenvalue weighted by molar-refractivity contribution is 0.447. The number of fused-ring (bicyclic) bond motifs is 1. The van der Waals surface area contributed by atoms with Gasteiger partial charge in [-0.25, -0.2) is 0 Å². The molecular weight excluding hydrogens is 277 g/mol. The van der Waals surface area contributed by atoms with Crippen LogP contribution in [0.5, 0.6) is 0 Å². The highest BCUT2D eigenvalue weighted by Gasteiger charge is 2.35. The van der Waals surface area contributed by atoms with Crippen molar-refractivity contribution in [2.45, 2.75) is 38.8 Å². The van der Waals surface area contributed by atoms with Gasteiger partial charge in [0, 0.05) is 6.04 Å². The third-order valence-corrected chi connectivity index (χ3v) is 2.98. The number of nitrogen functional groups attached to an aromatic ring is 1. The molecule has 0 amide bonds. The number of aromatic amines is 1. The van der Waals surface area contributed by atoms with Crippen LogP contribution in [0.1, 0.15) is 27.2 Å². The Morgan fingerprint density at radius 3 is 2.56 bits per heavy atom. The highest BCUT2D eigenvalue weighted by atomic mass is 35.5. The van der Waals surface area contributed by atoms with Crippen molar-refractivity contribution in [3.05, 3.63) is 10.4 Å². The predicted molar refractivity (Wildman–Crippen MR) is 79.2 cm³/mol. The van der Waals surface area contributed by atoms with E-state index in [2.05, 4.69) is 41.4 Å². The average Bonchev–Trinajstić information content (AvgIpc) is 2.14. The minimum absolute atomic E-state index is 0. The zero-order valence-electron chi connectivity index (χ0n) is 10.5. The average molecular weight is 296 g/mol. The molecule has 0 saturated heterocycles. The second kappa shape index (κ2) is 5.67. The third-order valence-electron chi connectivity index (χ3n) is 2.98. The summed E-state index contributed by atoms with van der Waals surface area (Å²) in [4.78, 5) is 18.2. The zero-order chi connectivity index (χ0) is 11.9. The summed E-state index contributed by atoms with van der Waals surface area (Å²) in [5.41, 5.74) is 5.59. The smallest absolute Gasteiger partial charge is 0.277 e. The first-order valence-corrected chi connectivity index (χ1v) is 5.38. The van der Waals surface area contributed by atoms with Gasteiger partial charge in [0.05, 0.1) is 5.54 Å². The lowest BCUT2D eigenvalue weighted by Gasteiger charge is -2.40. The Kier molecular flexibility index (Phi) is 5.31. The molecule has 104 valence electrons. The topological polar surface area (TPSA) is 95.8 Å². The molecule has 1 unspecified atom stereocenters. The Bertz CT molecular complexity index is 474. The van der Waals surface area contributed by atoms with Crippen LogP contribution < -0.4 is 21.9 Å². The number of halogens is 2. The van der Waals surface area contributed by atoms with Gasteiger partial charge in [-0.3, -0.25) is 9.78 Å². The van der Waals surface area contributed by atoms with Gasteiger partial charge >= 0.3 is 0 Å². The Hall–Kier alpha value is -1.14. The summed E-state index contributed by atoms with van der Waals surface area (Å²) in [5.74, 6) is 0.653. The van der Waals surface area contributed by atoms with Crippen LogP contribution in [0.2, 0.25) is 0 Å². The summed E-state index contributed by atoms with van der Waals surface area (Å²) in [5, 5.41) is 6.45. The van der Waals surface area contributed by atoms with Crippen LogP contribution in [-0.4, -0.2) is 21.5 Å². The van der Waals surface area contributed by atoms with Crippen molar-refractivity contribution in [2.75, 3.05) is 16.4 Å². The Balaban J connectivity index is 0.00000144. The molecule has 1 aliphatic rings. The monoisotopic (exact) mass is 295 g/mol. The van der Waals surface area contributed by atoms with Crippen molar-refractivity contribution in [1.29, 1.82) is 0 Å². The molecule has 1 aliphatic heterocycles. The molecule has 8 heteroatoms. The van der Waals surface area contributed by atoms with Gasteiger partial charge in [-0.1, -0.05) is 6.92 Å². The van der Waals surface area contributed by atoms with Crippen LogP contribution in [0, 0.1) is 0 Å². The van der Waals surface area contributed by atoms with Gasteiger partial charge < -0.3 is 16.4 Å². The molecule has 0 spiro atoms. The minimum atomic E-state index is -0.232. The van der Waals surface area contributed by atoms with E-state index in [1.165, 1.54) is 0 Å². The molecule has 1 atom stereocenters. The maximum atomic E-state index is 11.7. The number of nitrogens with one attached hydrogen (secondary N) is 3. The van der Waals surface area contributed by atoms with Crippen LogP contribution in [0.25, 0.3) is 0 Å². The molecule has 0 aromatic carbocycles. The summed E-state index contributed by atoms with van der Waals surface area (Å²) < 4.78 is 0. The van der Waals surface area contributed by atoms with Gasteiger partial charge in [-0.15, -0.1) is 24.8 Å². The highest BCUT2D eigenvalue weighted by Crippen LogP contribution is 2.30. The van der Waals surface area contributed by atoms with Crippen molar-refractivity contribution in [2.24, 2.45) is 0 Å². The van der Waals surface area contributed by atoms with E-state index >= 15 is 0 Å². The maximum Gasteiger partial charge on any atom is 0.277 e. The van der Waals surface area contributed by atoms with E-state index < -0.39 is 0 Å². The number of nitrogens with zero attached hydrogens (tertiary/aromatic N) is 1. The molecule has 0 radical (unpaired) electrons. The molecule has 6 nitrogen and oxygen atoms in total. The summed E-state index contributed by atoms with van der Waals surface area (Å²) in [6.07, 6.45) is 0.920. The van der Waals surface area contributed by atoms with Gasteiger partial charge in [0.25, 0.3) is 5.56 Å². The molecule has 0 saturated carbocycles. The standard InChI is InChI=1S/C10H17N5O.2ClH/c1-4-5-10(2,3)15-7-6(12-5)8(16)14-9(11)13-7;;/h5,12H,4H2,1-3H3,(H4,11,13,14,15,16);2*1H. The molecule has 2 heterocycles. The number of hydrogen-bond acceptors (Lipinski definition) is 5. The van der Waals surface area contributed by atoms with Gasteiger partial charge in [0.1, 0.15) is 5.69 Å². The SMILES string of the molecule is CCC1Nc2c(nc(N)[nH]c2=O)NC1(C)C.Cl.Cl. The van der Waals surface area contributed by atoms with Crippen molar-refractivity contribution in [3.63, 3.8) is 0 Å². The summed E-state index contributed by atoms with van der Waals surface area (Å²) in [6, 6.07) is 0.187. The third kappa shape index (κ3) is 2.81. The zero-order valence-corrected chi connectivity index (χ0v) is 12.2. The normalized spacial score (nSPS) is 19.4. The van der Waals surface area contributed by atoms with Crippen LogP contribution in [0.4, 0.5) is 17.5 Å². The van der Waals surface area contributed by atoms with E-state index in [1.807, 2.05) is 0 Å². The van der Waals surface area contributed by atoms with Gasteiger partial charge in [0.15, 0.2) is 5.82 Å². The second-order valence-electron chi connectivity index (χ2n) is 4.63. The Labute approximate surface area is 118 Å². The first-order chi connectivity index (χ1) is 7.44. The van der Waals surface area contributed by atoms with Crippen molar-refractivity contribution in [3.8, 4) is 0 Å². The predicted octanol–water partition coefficient (Wildman–Crippen LogP) is 1.59. The molecule has 0 bridgehead atoms. The number of nitrogens with two attached hydrogens (primary N) is 1. The fourth-order valence-corrected chi connectivity index (χ4v) is 2.07. The molecule has 2 rings (SSSR count). The van der Waals surface area contributed by atoms with Crippen LogP contribution in [-0.2, 0) is 0 Å². The van der Waals surface area contributed by atoms with E-state index in [-0.39, 0.29) is 47.9 Å². The Morgan fingerprint density at radius 1 is 1.39 bits per heavy atom. The van der Waals surface area contributed by atoms with Crippen molar-refractivity contribution in [1.82, 2.24) is 9.97 Å². The molecule has 0 fully saturated rings. The summed E-state index contributed by atoms with van der Waals surface area (Å²) >= 11 is 0. The fraction of sp³-hybridized carbons (Fsp3) is 0.600. The molecule has 5 N–H and O–H groups in total. The van der Waals surface area contributed by atoms with E-state index in [9.17, 15) is 4.79 Å². The number of H-pyrrole nitrogens is 1. The molecule has 1 aromatic heterocycles. The second-order valence-corrected chi connectivity index (χ2v) is 4.63. The first kappa shape index (κ1) is 16.9. The number of anilines is 3. The maximum absolute atomic E-state index is 11.7.